The number of anilines is 1. The number of aromatic carboxylic acids is 1. The quantitative estimate of drug-likeness (QED) is 0.917. The van der Waals surface area contributed by atoms with Crippen LogP contribution in [0.2, 0.25) is 0 Å². The number of sulfonamides is 1. The summed E-state index contributed by atoms with van der Waals surface area (Å²) in [7, 11) is -1.59. The number of aryl methyl sites for hydroxylation is 1. The van der Waals surface area contributed by atoms with Crippen LogP contribution < -0.4 is 4.31 Å². The molecule has 0 aliphatic carbocycles. The van der Waals surface area contributed by atoms with Gasteiger partial charge in [-0.1, -0.05) is 6.07 Å². The zero-order chi connectivity index (χ0) is 15.2. The summed E-state index contributed by atoms with van der Waals surface area (Å²) >= 11 is 0. The van der Waals surface area contributed by atoms with E-state index in [1.807, 2.05) is 0 Å². The van der Waals surface area contributed by atoms with Gasteiger partial charge in [0, 0.05) is 19.0 Å². The molecule has 0 spiro atoms. The summed E-state index contributed by atoms with van der Waals surface area (Å²) in [6.45, 7) is 0.476. The number of hydrogen-bond acceptors (Lipinski definition) is 3. The van der Waals surface area contributed by atoms with Crippen molar-refractivity contribution in [3.8, 4) is 0 Å². The lowest BCUT2D eigenvalue weighted by Crippen LogP contribution is -2.37. The number of rotatable bonds is 2. The van der Waals surface area contributed by atoms with E-state index in [4.69, 9.17) is 5.11 Å². The number of carbonyl (C=O) groups is 1. The predicted octanol–water partition coefficient (Wildman–Crippen LogP) is 1.81. The second-order valence-electron chi connectivity index (χ2n) is 5.23. The molecular formula is C14H16N2O4S. The minimum absolute atomic E-state index is 0.165. The molecule has 21 heavy (non-hydrogen) atoms. The fourth-order valence-corrected chi connectivity index (χ4v) is 4.39. The molecule has 1 aromatic heterocycles. The molecule has 0 radical (unpaired) electrons. The number of aromatic nitrogens is 1. The van der Waals surface area contributed by atoms with E-state index in [1.54, 1.807) is 35.9 Å². The average molecular weight is 308 g/mol. The molecule has 0 saturated carbocycles. The van der Waals surface area contributed by atoms with Crippen molar-refractivity contribution < 1.29 is 18.3 Å². The molecule has 2 aromatic rings. The molecule has 0 bridgehead atoms. The molecule has 1 saturated heterocycles. The molecule has 1 aliphatic rings. The zero-order valence-electron chi connectivity index (χ0n) is 11.6. The second-order valence-corrected chi connectivity index (χ2v) is 7.24. The lowest BCUT2D eigenvalue weighted by Gasteiger charge is -2.28. The molecule has 112 valence electrons. The van der Waals surface area contributed by atoms with Crippen molar-refractivity contribution in [2.45, 2.75) is 12.8 Å². The molecule has 1 fully saturated rings. The SMILES string of the molecule is Cn1c(C(=O)O)cc2ccc(N3CCCCS3(=O)=O)cc21. The van der Waals surface area contributed by atoms with Crippen molar-refractivity contribution in [3.05, 3.63) is 30.0 Å². The van der Waals surface area contributed by atoms with E-state index in [-0.39, 0.29) is 11.4 Å². The molecule has 1 aromatic carbocycles. The van der Waals surface area contributed by atoms with Crippen molar-refractivity contribution >= 4 is 32.6 Å². The van der Waals surface area contributed by atoms with Gasteiger partial charge in [0.1, 0.15) is 5.69 Å². The lowest BCUT2D eigenvalue weighted by molar-refractivity contribution is 0.0687. The van der Waals surface area contributed by atoms with E-state index in [0.29, 0.717) is 24.2 Å². The van der Waals surface area contributed by atoms with Gasteiger partial charge in [-0.25, -0.2) is 13.2 Å². The number of carboxylic acid groups (broad SMARTS) is 1. The van der Waals surface area contributed by atoms with E-state index in [2.05, 4.69) is 0 Å². The highest BCUT2D eigenvalue weighted by Crippen LogP contribution is 2.28. The first-order valence-electron chi connectivity index (χ1n) is 6.73. The van der Waals surface area contributed by atoms with Gasteiger partial charge in [0.25, 0.3) is 0 Å². The van der Waals surface area contributed by atoms with E-state index in [9.17, 15) is 13.2 Å². The van der Waals surface area contributed by atoms with Crippen LogP contribution in [0.4, 0.5) is 5.69 Å². The van der Waals surface area contributed by atoms with E-state index < -0.39 is 16.0 Å². The number of benzene rings is 1. The topological polar surface area (TPSA) is 79.6 Å². The molecule has 0 atom stereocenters. The molecule has 1 aliphatic heterocycles. The Hall–Kier alpha value is -2.02. The van der Waals surface area contributed by atoms with Crippen LogP contribution in [-0.4, -0.2) is 36.4 Å². The summed E-state index contributed by atoms with van der Waals surface area (Å²) in [6, 6.07) is 6.83. The number of fused-ring (bicyclic) bond motifs is 1. The van der Waals surface area contributed by atoms with Gasteiger partial charge in [0.05, 0.1) is 17.0 Å². The summed E-state index contributed by atoms with van der Waals surface area (Å²) in [5.41, 5.74) is 1.50. The Kier molecular flexibility index (Phi) is 3.16. The summed E-state index contributed by atoms with van der Waals surface area (Å²) in [5.74, 6) is -0.834. The molecular weight excluding hydrogens is 292 g/mol. The average Bonchev–Trinajstić information content (AvgIpc) is 2.75. The van der Waals surface area contributed by atoms with Crippen LogP contribution in [0.5, 0.6) is 0 Å². The van der Waals surface area contributed by atoms with Crippen molar-refractivity contribution in [2.75, 3.05) is 16.6 Å². The molecule has 0 amide bonds. The maximum atomic E-state index is 12.1. The standard InChI is InChI=1S/C14H16N2O4S/c1-15-12-9-11(16-6-2-3-7-21(16,19)20)5-4-10(12)8-13(15)14(17)18/h4-5,8-9H,2-3,6-7H2,1H3,(H,17,18). The van der Waals surface area contributed by atoms with Gasteiger partial charge in [-0.05, 0) is 31.0 Å². The molecule has 6 nitrogen and oxygen atoms in total. The van der Waals surface area contributed by atoms with Gasteiger partial charge in [0.15, 0.2) is 0 Å². The maximum absolute atomic E-state index is 12.1. The summed E-state index contributed by atoms with van der Waals surface area (Å²) in [4.78, 5) is 11.2. The van der Waals surface area contributed by atoms with E-state index >= 15 is 0 Å². The third kappa shape index (κ3) is 2.27. The van der Waals surface area contributed by atoms with Gasteiger partial charge in [-0.2, -0.15) is 0 Å². The first-order valence-corrected chi connectivity index (χ1v) is 8.34. The number of hydrogen-bond donors (Lipinski definition) is 1. The molecule has 0 unspecified atom stereocenters. The van der Waals surface area contributed by atoms with Gasteiger partial charge in [-0.3, -0.25) is 4.31 Å². The van der Waals surface area contributed by atoms with Crippen molar-refractivity contribution in [1.82, 2.24) is 4.57 Å². The normalized spacial score (nSPS) is 18.0. The Labute approximate surface area is 122 Å². The first-order chi connectivity index (χ1) is 9.90. The van der Waals surface area contributed by atoms with Crippen LogP contribution in [0.1, 0.15) is 23.3 Å². The minimum Gasteiger partial charge on any atom is -0.477 e. The first kappa shape index (κ1) is 13.9. The van der Waals surface area contributed by atoms with Crippen LogP contribution in [0.25, 0.3) is 10.9 Å². The largest absolute Gasteiger partial charge is 0.477 e. The van der Waals surface area contributed by atoms with Crippen LogP contribution in [0.3, 0.4) is 0 Å². The second kappa shape index (κ2) is 4.77. The number of carboxylic acids is 1. The molecule has 7 heteroatoms. The van der Waals surface area contributed by atoms with Crippen LogP contribution in [-0.2, 0) is 17.1 Å². The highest BCUT2D eigenvalue weighted by Gasteiger charge is 2.26. The molecule has 1 N–H and O–H groups in total. The smallest absolute Gasteiger partial charge is 0.352 e. The van der Waals surface area contributed by atoms with Gasteiger partial charge < -0.3 is 9.67 Å². The van der Waals surface area contributed by atoms with Gasteiger partial charge >= 0.3 is 5.97 Å². The van der Waals surface area contributed by atoms with E-state index in [0.717, 1.165) is 11.8 Å². The van der Waals surface area contributed by atoms with Crippen LogP contribution >= 0.6 is 0 Å². The zero-order valence-corrected chi connectivity index (χ0v) is 12.4. The lowest BCUT2D eigenvalue weighted by atomic mass is 10.2. The summed E-state index contributed by atoms with van der Waals surface area (Å²) in [6.07, 6.45) is 1.53. The highest BCUT2D eigenvalue weighted by atomic mass is 32.2. The third-order valence-corrected chi connectivity index (χ3v) is 5.75. The summed E-state index contributed by atoms with van der Waals surface area (Å²) in [5, 5.41) is 9.93. The van der Waals surface area contributed by atoms with Crippen LogP contribution in [0.15, 0.2) is 24.3 Å². The Morgan fingerprint density at radius 2 is 2.00 bits per heavy atom. The molecule has 3 rings (SSSR count). The number of nitrogens with zero attached hydrogens (tertiary/aromatic N) is 2. The Bertz CT molecular complexity index is 823. The maximum Gasteiger partial charge on any atom is 0.352 e. The fourth-order valence-electron chi connectivity index (χ4n) is 2.76. The molecule has 2 heterocycles. The van der Waals surface area contributed by atoms with Crippen molar-refractivity contribution in [3.63, 3.8) is 0 Å². The Balaban J connectivity index is 2.13. The fraction of sp³-hybridized carbons (Fsp3) is 0.357. The Morgan fingerprint density at radius 3 is 2.67 bits per heavy atom. The van der Waals surface area contributed by atoms with Crippen molar-refractivity contribution in [2.24, 2.45) is 7.05 Å². The highest BCUT2D eigenvalue weighted by molar-refractivity contribution is 7.92. The monoisotopic (exact) mass is 308 g/mol. The van der Waals surface area contributed by atoms with Crippen molar-refractivity contribution in [1.29, 1.82) is 0 Å². The van der Waals surface area contributed by atoms with Crippen LogP contribution in [0, 0.1) is 0 Å². The third-order valence-electron chi connectivity index (χ3n) is 3.89. The summed E-state index contributed by atoms with van der Waals surface area (Å²) < 4.78 is 27.3. The Morgan fingerprint density at radius 1 is 1.24 bits per heavy atom. The predicted molar refractivity (Wildman–Crippen MR) is 80.2 cm³/mol. The minimum atomic E-state index is -3.26. The van der Waals surface area contributed by atoms with E-state index in [1.165, 1.54) is 4.31 Å². The van der Waals surface area contributed by atoms with Gasteiger partial charge in [-0.15, -0.1) is 0 Å². The van der Waals surface area contributed by atoms with Gasteiger partial charge in [0.2, 0.25) is 10.0 Å².